The fourth-order valence-electron chi connectivity index (χ4n) is 2.33. The van der Waals surface area contributed by atoms with Gasteiger partial charge >= 0.3 is 106 Å². The average Bonchev–Trinajstić information content (AvgIpc) is 2.32. The summed E-state index contributed by atoms with van der Waals surface area (Å²) in [5.74, 6) is 2.13. The third-order valence-corrected chi connectivity index (χ3v) is 4.57. The van der Waals surface area contributed by atoms with Crippen LogP contribution in [-0.4, -0.2) is 80.9 Å². The van der Waals surface area contributed by atoms with Gasteiger partial charge < -0.3 is 0 Å². The molecule has 0 spiro atoms. The maximum absolute atomic E-state index is 2.52. The molecule has 1 aliphatic rings. The molecule has 0 aromatic carbocycles. The Morgan fingerprint density at radius 1 is 1.27 bits per heavy atom. The van der Waals surface area contributed by atoms with Gasteiger partial charge in [-0.3, -0.25) is 0 Å². The van der Waals surface area contributed by atoms with E-state index >= 15 is 0 Å². The average molecular weight is 171 g/mol. The molecule has 3 heteroatoms. The minimum atomic E-state index is 1.06. The maximum atomic E-state index is 2.52. The summed E-state index contributed by atoms with van der Waals surface area (Å²) in [5, 5.41) is 0. The van der Waals surface area contributed by atoms with Crippen LogP contribution < -0.4 is 0 Å². The van der Waals surface area contributed by atoms with E-state index in [0.717, 1.165) is 11.8 Å². The van der Waals surface area contributed by atoms with Crippen molar-refractivity contribution in [3.05, 3.63) is 0 Å². The van der Waals surface area contributed by atoms with Crippen LogP contribution in [0.1, 0.15) is 6.42 Å². The van der Waals surface area contributed by atoms with E-state index in [4.69, 9.17) is 0 Å². The Balaban J connectivity index is 2.37. The fourth-order valence-corrected chi connectivity index (χ4v) is 4.00. The summed E-state index contributed by atoms with van der Waals surface area (Å²) in [7, 11) is 2.28. The fraction of sp³-hybridized carbons (Fsp3) is 1.00. The molecule has 11 heavy (non-hydrogen) atoms. The van der Waals surface area contributed by atoms with Gasteiger partial charge in [0.25, 0.3) is 0 Å². The minimum absolute atomic E-state index is 1.06. The molecule has 0 N–H and O–H groups in total. The molecule has 1 fully saturated rings. The summed E-state index contributed by atoms with van der Waals surface area (Å²) in [6, 6.07) is 0. The molecule has 0 aromatic heterocycles. The predicted octanol–water partition coefficient (Wildman–Crippen LogP) is 0.728. The van der Waals surface area contributed by atoms with Crippen molar-refractivity contribution in [1.29, 1.82) is 0 Å². The molecule has 2 unspecified atom stereocenters. The van der Waals surface area contributed by atoms with Crippen LogP contribution in [0.4, 0.5) is 0 Å². The van der Waals surface area contributed by atoms with Crippen LogP contribution in [0.5, 0.6) is 0 Å². The first kappa shape index (κ1) is 11.0. The third kappa shape index (κ3) is 3.30. The van der Waals surface area contributed by atoms with E-state index in [-0.39, 0.29) is 0 Å². The van der Waals surface area contributed by atoms with Crippen molar-refractivity contribution in [2.24, 2.45) is 11.8 Å². The van der Waals surface area contributed by atoms with Crippen LogP contribution in [0.25, 0.3) is 0 Å². The van der Waals surface area contributed by atoms with Gasteiger partial charge in [-0.2, -0.15) is 0 Å². The summed E-state index contributed by atoms with van der Waals surface area (Å²) in [5.41, 5.74) is 0. The van der Waals surface area contributed by atoms with E-state index in [9.17, 15) is 0 Å². The van der Waals surface area contributed by atoms with Gasteiger partial charge in [0, 0.05) is 0 Å². The second kappa shape index (κ2) is 5.64. The summed E-state index contributed by atoms with van der Waals surface area (Å²) in [6.07, 6.45) is 1.52. The Morgan fingerprint density at radius 2 is 1.91 bits per heavy atom. The number of rotatable bonds is 3. The quantitative estimate of drug-likeness (QED) is 0.566. The summed E-state index contributed by atoms with van der Waals surface area (Å²) in [4.78, 5) is 2.52. The molecule has 0 bridgehead atoms. The monoisotopic (exact) mass is 171 g/mol. The number of nitrogens with zero attached hydrogens (tertiary/aromatic N) is 1. The molecule has 0 radical (unpaired) electrons. The SMILES string of the molecule is CN1CC([CH2][Na])C(C[CH2][Na])C1. The molecule has 1 rings (SSSR count). The first-order valence-electron chi connectivity index (χ1n) is 4.96. The van der Waals surface area contributed by atoms with E-state index in [1.54, 1.807) is 0 Å². The van der Waals surface area contributed by atoms with Crippen molar-refractivity contribution in [3.8, 4) is 0 Å². The van der Waals surface area contributed by atoms with Crippen LogP contribution >= 0.6 is 0 Å². The van der Waals surface area contributed by atoms with Crippen molar-refractivity contribution in [3.63, 3.8) is 0 Å². The summed E-state index contributed by atoms with van der Waals surface area (Å²) >= 11 is 2.81. The molecule has 1 saturated heterocycles. The Kier molecular flexibility index (Phi) is 5.66. The number of hydrogen-bond acceptors (Lipinski definition) is 1. The van der Waals surface area contributed by atoms with E-state index in [0.29, 0.717) is 0 Å². The zero-order valence-corrected chi connectivity index (χ0v) is 12.1. The van der Waals surface area contributed by atoms with Gasteiger partial charge in [-0.1, -0.05) is 0 Å². The van der Waals surface area contributed by atoms with Crippen LogP contribution in [0, 0.1) is 11.8 Å². The topological polar surface area (TPSA) is 3.24 Å². The van der Waals surface area contributed by atoms with Gasteiger partial charge in [-0.25, -0.2) is 0 Å². The van der Waals surface area contributed by atoms with E-state index < -0.39 is 0 Å². The Hall–Kier alpha value is 1.96. The van der Waals surface area contributed by atoms with Crippen LogP contribution in [0.2, 0.25) is 7.34 Å². The Labute approximate surface area is 105 Å². The first-order chi connectivity index (χ1) is 5.27. The van der Waals surface area contributed by atoms with Gasteiger partial charge in [0.05, 0.1) is 0 Å². The van der Waals surface area contributed by atoms with Crippen molar-refractivity contribution in [1.82, 2.24) is 4.90 Å². The molecule has 0 aliphatic carbocycles. The number of likely N-dealkylation sites (tertiary alicyclic amines) is 1. The van der Waals surface area contributed by atoms with E-state index in [1.807, 2.05) is 0 Å². The number of hydrogen-bond donors (Lipinski definition) is 0. The second-order valence-electron chi connectivity index (χ2n) is 3.94. The molecule has 54 valence electrons. The molecular formula is C8H15NNa2. The summed E-state index contributed by atoms with van der Waals surface area (Å²) < 4.78 is 3.03. The standard InChI is InChI=1S/C8H15N.2Na/c1-4-8-6-9(3)5-7(8)2;;/h7-8H,1-2,4-6H2,3H3;;. The van der Waals surface area contributed by atoms with Crippen LogP contribution in [0.15, 0.2) is 0 Å². The molecule has 2 atom stereocenters. The van der Waals surface area contributed by atoms with Crippen LogP contribution in [-0.2, 0) is 0 Å². The van der Waals surface area contributed by atoms with Gasteiger partial charge in [-0.05, 0) is 0 Å². The van der Waals surface area contributed by atoms with Crippen molar-refractivity contribution < 1.29 is 0 Å². The van der Waals surface area contributed by atoms with Crippen molar-refractivity contribution in [2.45, 2.75) is 13.8 Å². The zero-order chi connectivity index (χ0) is 8.27. The third-order valence-electron chi connectivity index (χ3n) is 2.94. The molecule has 1 heterocycles. The normalized spacial score (nSPS) is 33.2. The molecule has 1 nitrogen and oxygen atoms in total. The van der Waals surface area contributed by atoms with Gasteiger partial charge in [-0.15, -0.1) is 0 Å². The van der Waals surface area contributed by atoms with E-state index in [2.05, 4.69) is 11.9 Å². The molecule has 0 saturated carbocycles. The van der Waals surface area contributed by atoms with Crippen LogP contribution in [0.3, 0.4) is 0 Å². The second-order valence-corrected chi connectivity index (χ2v) is 5.75. The first-order valence-corrected chi connectivity index (χ1v) is 7.79. The Bertz CT molecular complexity index is 119. The van der Waals surface area contributed by atoms with Crippen molar-refractivity contribution >= 4 is 55.9 Å². The van der Waals surface area contributed by atoms with Gasteiger partial charge in [0.1, 0.15) is 0 Å². The van der Waals surface area contributed by atoms with Crippen molar-refractivity contribution in [2.75, 3.05) is 20.1 Å². The van der Waals surface area contributed by atoms with E-state index in [1.165, 1.54) is 82.7 Å². The zero-order valence-electron chi connectivity index (χ0n) is 8.14. The summed E-state index contributed by atoms with van der Waals surface area (Å²) in [6.45, 7) is 2.77. The van der Waals surface area contributed by atoms with Gasteiger partial charge in [0.15, 0.2) is 0 Å². The van der Waals surface area contributed by atoms with Gasteiger partial charge in [0.2, 0.25) is 0 Å². The Morgan fingerprint density at radius 3 is 2.45 bits per heavy atom. The molecular weight excluding hydrogens is 156 g/mol. The molecule has 1 aliphatic heterocycles. The molecule has 0 amide bonds. The molecule has 0 aromatic rings. The predicted molar refractivity (Wildman–Crippen MR) is 50.2 cm³/mol.